The van der Waals surface area contributed by atoms with Gasteiger partial charge in [-0.2, -0.15) is 0 Å². The standard InChI is InChI=1S/C14H18FN3O2/c1-20-14-11(3-2-4-12(14)15)9-18(7-8-19)10-13-16-5-6-17-13/h2-6,19H,7-10H2,1H3,(H,16,17). The summed E-state index contributed by atoms with van der Waals surface area (Å²) in [6.45, 7) is 1.52. The maximum atomic E-state index is 13.7. The summed E-state index contributed by atoms with van der Waals surface area (Å²) in [7, 11) is 1.45. The highest BCUT2D eigenvalue weighted by atomic mass is 19.1. The summed E-state index contributed by atoms with van der Waals surface area (Å²) in [5, 5.41) is 9.15. The Labute approximate surface area is 117 Å². The lowest BCUT2D eigenvalue weighted by Gasteiger charge is -2.21. The number of aromatic nitrogens is 2. The maximum Gasteiger partial charge on any atom is 0.165 e. The van der Waals surface area contributed by atoms with Gasteiger partial charge in [-0.3, -0.25) is 4.90 Å². The van der Waals surface area contributed by atoms with Crippen LogP contribution in [0.2, 0.25) is 0 Å². The molecule has 0 spiro atoms. The molecule has 1 aromatic heterocycles. The number of halogens is 1. The van der Waals surface area contributed by atoms with E-state index in [0.717, 1.165) is 11.4 Å². The van der Waals surface area contributed by atoms with Crippen LogP contribution in [0.5, 0.6) is 5.75 Å². The number of aliphatic hydroxyl groups is 1. The average Bonchev–Trinajstić information content (AvgIpc) is 2.92. The van der Waals surface area contributed by atoms with Crippen molar-refractivity contribution >= 4 is 0 Å². The first-order valence-electron chi connectivity index (χ1n) is 6.37. The van der Waals surface area contributed by atoms with Gasteiger partial charge in [-0.05, 0) is 6.07 Å². The molecule has 2 N–H and O–H groups in total. The molecule has 5 nitrogen and oxygen atoms in total. The minimum absolute atomic E-state index is 0.0261. The molecule has 20 heavy (non-hydrogen) atoms. The number of para-hydroxylation sites is 1. The zero-order valence-electron chi connectivity index (χ0n) is 11.3. The van der Waals surface area contributed by atoms with Crippen molar-refractivity contribution in [2.75, 3.05) is 20.3 Å². The monoisotopic (exact) mass is 279 g/mol. The van der Waals surface area contributed by atoms with Crippen LogP contribution in [0.1, 0.15) is 11.4 Å². The van der Waals surface area contributed by atoms with E-state index in [-0.39, 0.29) is 18.2 Å². The highest BCUT2D eigenvalue weighted by molar-refractivity contribution is 5.34. The predicted molar refractivity (Wildman–Crippen MR) is 72.7 cm³/mol. The first-order chi connectivity index (χ1) is 9.74. The third kappa shape index (κ3) is 3.55. The molecule has 1 heterocycles. The summed E-state index contributed by atoms with van der Waals surface area (Å²) < 4.78 is 18.8. The molecular formula is C14H18FN3O2. The molecule has 108 valence electrons. The molecule has 0 atom stereocenters. The molecule has 6 heteroatoms. The zero-order chi connectivity index (χ0) is 14.4. The minimum Gasteiger partial charge on any atom is -0.493 e. The lowest BCUT2D eigenvalue weighted by molar-refractivity contribution is 0.180. The minimum atomic E-state index is -0.382. The number of aromatic amines is 1. The SMILES string of the molecule is COc1c(F)cccc1CN(CCO)Cc1ncc[nH]1. The molecule has 2 aromatic rings. The molecule has 0 saturated heterocycles. The summed E-state index contributed by atoms with van der Waals surface area (Å²) >= 11 is 0. The van der Waals surface area contributed by atoms with E-state index in [1.54, 1.807) is 18.5 Å². The van der Waals surface area contributed by atoms with Crippen molar-refractivity contribution in [3.05, 3.63) is 47.8 Å². The van der Waals surface area contributed by atoms with Gasteiger partial charge in [0, 0.05) is 31.0 Å². The van der Waals surface area contributed by atoms with Gasteiger partial charge in [0.05, 0.1) is 20.3 Å². The first-order valence-corrected chi connectivity index (χ1v) is 6.37. The van der Waals surface area contributed by atoms with Crippen LogP contribution in [0, 0.1) is 5.82 Å². The van der Waals surface area contributed by atoms with E-state index in [1.165, 1.54) is 13.2 Å². The second-order valence-corrected chi connectivity index (χ2v) is 4.40. The average molecular weight is 279 g/mol. The summed E-state index contributed by atoms with van der Waals surface area (Å²) in [5.41, 5.74) is 0.743. The van der Waals surface area contributed by atoms with Gasteiger partial charge >= 0.3 is 0 Å². The van der Waals surface area contributed by atoms with Gasteiger partial charge in [0.1, 0.15) is 5.82 Å². The molecule has 0 bridgehead atoms. The number of methoxy groups -OCH3 is 1. The van der Waals surface area contributed by atoms with Crippen LogP contribution in [0.4, 0.5) is 4.39 Å². The smallest absolute Gasteiger partial charge is 0.165 e. The Morgan fingerprint density at radius 1 is 1.40 bits per heavy atom. The number of rotatable bonds is 7. The van der Waals surface area contributed by atoms with E-state index < -0.39 is 0 Å². The number of hydrogen-bond donors (Lipinski definition) is 2. The second-order valence-electron chi connectivity index (χ2n) is 4.40. The molecule has 0 amide bonds. The van der Waals surface area contributed by atoms with Gasteiger partial charge in [-0.1, -0.05) is 12.1 Å². The zero-order valence-corrected chi connectivity index (χ0v) is 11.3. The van der Waals surface area contributed by atoms with Crippen LogP contribution in [-0.2, 0) is 13.1 Å². The van der Waals surface area contributed by atoms with Gasteiger partial charge in [0.2, 0.25) is 0 Å². The van der Waals surface area contributed by atoms with Crippen LogP contribution < -0.4 is 4.74 Å². The lowest BCUT2D eigenvalue weighted by atomic mass is 10.1. The van der Waals surface area contributed by atoms with Crippen molar-refractivity contribution in [2.45, 2.75) is 13.1 Å². The molecule has 2 rings (SSSR count). The van der Waals surface area contributed by atoms with E-state index in [4.69, 9.17) is 9.84 Å². The fraction of sp³-hybridized carbons (Fsp3) is 0.357. The largest absolute Gasteiger partial charge is 0.493 e. The summed E-state index contributed by atoms with van der Waals surface area (Å²) in [6, 6.07) is 4.83. The molecule has 0 saturated carbocycles. The number of aliphatic hydroxyl groups excluding tert-OH is 1. The molecular weight excluding hydrogens is 261 g/mol. The van der Waals surface area contributed by atoms with Gasteiger partial charge in [0.25, 0.3) is 0 Å². The van der Waals surface area contributed by atoms with Gasteiger partial charge in [0.15, 0.2) is 11.6 Å². The van der Waals surface area contributed by atoms with Crippen molar-refractivity contribution in [3.8, 4) is 5.75 Å². The lowest BCUT2D eigenvalue weighted by Crippen LogP contribution is -2.27. The number of benzene rings is 1. The van der Waals surface area contributed by atoms with Crippen LogP contribution in [0.15, 0.2) is 30.6 Å². The predicted octanol–water partition coefficient (Wildman–Crippen LogP) is 1.55. The summed E-state index contributed by atoms with van der Waals surface area (Å²) in [6.07, 6.45) is 3.42. The van der Waals surface area contributed by atoms with Crippen LogP contribution >= 0.6 is 0 Å². The van der Waals surface area contributed by atoms with Crippen molar-refractivity contribution in [1.29, 1.82) is 0 Å². The van der Waals surface area contributed by atoms with Gasteiger partial charge in [-0.15, -0.1) is 0 Å². The van der Waals surface area contributed by atoms with Gasteiger partial charge in [-0.25, -0.2) is 9.37 Å². The Bertz CT molecular complexity index is 531. The van der Waals surface area contributed by atoms with E-state index in [1.807, 2.05) is 11.0 Å². The molecule has 0 aliphatic carbocycles. The molecule has 1 aromatic carbocycles. The number of nitrogens with one attached hydrogen (secondary N) is 1. The number of hydrogen-bond acceptors (Lipinski definition) is 4. The second kappa shape index (κ2) is 7.02. The highest BCUT2D eigenvalue weighted by Gasteiger charge is 2.13. The van der Waals surface area contributed by atoms with Crippen LogP contribution in [0.3, 0.4) is 0 Å². The number of ether oxygens (including phenoxy) is 1. The normalized spacial score (nSPS) is 11.0. The van der Waals surface area contributed by atoms with E-state index in [9.17, 15) is 4.39 Å². The fourth-order valence-corrected chi connectivity index (χ4v) is 2.10. The molecule has 0 aliphatic rings. The number of H-pyrrole nitrogens is 1. The van der Waals surface area contributed by atoms with Crippen molar-refractivity contribution < 1.29 is 14.2 Å². The van der Waals surface area contributed by atoms with Gasteiger partial charge < -0.3 is 14.8 Å². The third-order valence-corrected chi connectivity index (χ3v) is 2.99. The maximum absolute atomic E-state index is 13.7. The third-order valence-electron chi connectivity index (χ3n) is 2.99. The molecule has 0 fully saturated rings. The molecule has 0 aliphatic heterocycles. The Hall–Kier alpha value is -1.92. The van der Waals surface area contributed by atoms with E-state index in [0.29, 0.717) is 19.6 Å². The summed E-state index contributed by atoms with van der Waals surface area (Å²) in [4.78, 5) is 9.14. The molecule has 0 unspecified atom stereocenters. The van der Waals surface area contributed by atoms with Crippen molar-refractivity contribution in [3.63, 3.8) is 0 Å². The highest BCUT2D eigenvalue weighted by Crippen LogP contribution is 2.23. The Kier molecular flexibility index (Phi) is 5.09. The molecule has 0 radical (unpaired) electrons. The number of imidazole rings is 1. The van der Waals surface area contributed by atoms with E-state index >= 15 is 0 Å². The quantitative estimate of drug-likeness (QED) is 0.807. The topological polar surface area (TPSA) is 61.4 Å². The van der Waals surface area contributed by atoms with Crippen LogP contribution in [0.25, 0.3) is 0 Å². The number of nitrogens with zero attached hydrogens (tertiary/aromatic N) is 2. The Morgan fingerprint density at radius 3 is 2.90 bits per heavy atom. The summed E-state index contributed by atoms with van der Waals surface area (Å²) in [5.74, 6) is 0.663. The van der Waals surface area contributed by atoms with Crippen molar-refractivity contribution in [2.24, 2.45) is 0 Å². The first kappa shape index (κ1) is 14.5. The fourth-order valence-electron chi connectivity index (χ4n) is 2.10. The van der Waals surface area contributed by atoms with Crippen molar-refractivity contribution in [1.82, 2.24) is 14.9 Å². The van der Waals surface area contributed by atoms with Crippen LogP contribution in [-0.4, -0.2) is 40.2 Å². The van der Waals surface area contributed by atoms with E-state index in [2.05, 4.69) is 9.97 Å². The Balaban J connectivity index is 2.13. The Morgan fingerprint density at radius 2 is 2.25 bits per heavy atom.